The molecule has 0 saturated heterocycles. The highest BCUT2D eigenvalue weighted by molar-refractivity contribution is 7.25. The Morgan fingerprint density at radius 2 is 1.16 bits per heavy atom. The number of benzene rings is 5. The predicted molar refractivity (Wildman–Crippen MR) is 183 cm³/mol. The molecule has 0 aliphatic heterocycles. The maximum atomic E-state index is 10.6. The third kappa shape index (κ3) is 5.39. The zero-order valence-electron chi connectivity index (χ0n) is 25.1. The van der Waals surface area contributed by atoms with Gasteiger partial charge in [0.2, 0.25) is 0 Å². The first-order valence-corrected chi connectivity index (χ1v) is 15.5. The van der Waals surface area contributed by atoms with Crippen LogP contribution in [0.15, 0.2) is 109 Å². The molecule has 0 amide bonds. The van der Waals surface area contributed by atoms with E-state index in [0.29, 0.717) is 17.4 Å². The van der Waals surface area contributed by atoms with Crippen molar-refractivity contribution >= 4 is 55.5 Å². The quantitative estimate of drug-likeness (QED) is 0.189. The molecule has 0 bridgehead atoms. The Morgan fingerprint density at radius 3 is 1.86 bits per heavy atom. The second kappa shape index (κ2) is 10.9. The molecule has 2 aromatic heterocycles. The van der Waals surface area contributed by atoms with Gasteiger partial charge >= 0.3 is 7.48 Å². The molecule has 0 fully saturated rings. The van der Waals surface area contributed by atoms with Gasteiger partial charge in [-0.3, -0.25) is 0 Å². The molecule has 5 aromatic carbocycles. The minimum absolute atomic E-state index is 0.386. The molecule has 7 aromatic rings. The van der Waals surface area contributed by atoms with Crippen LogP contribution in [0.3, 0.4) is 0 Å². The number of hydrogen-bond acceptors (Lipinski definition) is 6. The molecule has 7 rings (SSSR count). The summed E-state index contributed by atoms with van der Waals surface area (Å²) in [5, 5.41) is 15.6. The van der Waals surface area contributed by atoms with Gasteiger partial charge in [0.15, 0.2) is 11.6 Å². The first kappa shape index (κ1) is 28.4. The Bertz CT molecular complexity index is 2140. The Kier molecular flexibility index (Phi) is 7.05. The van der Waals surface area contributed by atoms with Crippen LogP contribution in [0.4, 0.5) is 0 Å². The summed E-state index contributed by atoms with van der Waals surface area (Å²) in [4.78, 5) is 14.5. The normalized spacial score (nSPS) is 12.3. The highest BCUT2D eigenvalue weighted by Gasteiger charge is 2.36. The van der Waals surface area contributed by atoms with Crippen molar-refractivity contribution in [2.24, 2.45) is 0 Å². The predicted octanol–water partition coefficient (Wildman–Crippen LogP) is 8.20. The lowest BCUT2D eigenvalue weighted by Gasteiger charge is -2.37. The topological polar surface area (TPSA) is 68.1 Å². The van der Waals surface area contributed by atoms with E-state index in [2.05, 4.69) is 78.9 Å². The zero-order chi connectivity index (χ0) is 30.5. The first-order valence-electron chi connectivity index (χ1n) is 14.7. The number of thiophene rings is 1. The number of rotatable bonds is 7. The van der Waals surface area contributed by atoms with Gasteiger partial charge in [0.1, 0.15) is 5.72 Å². The van der Waals surface area contributed by atoms with E-state index >= 15 is 0 Å². The molecule has 0 aliphatic rings. The summed E-state index contributed by atoms with van der Waals surface area (Å²) in [6, 6.07) is 37.9. The maximum absolute atomic E-state index is 10.6. The largest absolute Gasteiger partial charge is 0.424 e. The number of aliphatic hydroxyl groups is 1. The highest BCUT2D eigenvalue weighted by atomic mass is 32.1. The fourth-order valence-electron chi connectivity index (χ4n) is 5.09. The van der Waals surface area contributed by atoms with Crippen LogP contribution in [0.1, 0.15) is 27.7 Å². The third-order valence-electron chi connectivity index (χ3n) is 8.43. The zero-order valence-corrected chi connectivity index (χ0v) is 25.9. The summed E-state index contributed by atoms with van der Waals surface area (Å²) < 4.78 is 8.49. The van der Waals surface area contributed by atoms with Gasteiger partial charge in [-0.05, 0) is 67.8 Å². The van der Waals surface area contributed by atoms with Gasteiger partial charge in [-0.2, -0.15) is 0 Å². The molecule has 0 aliphatic carbocycles. The molecular weight excluding hydrogens is 561 g/mol. The summed E-state index contributed by atoms with van der Waals surface area (Å²) in [5.74, 6) is 1.11. The van der Waals surface area contributed by atoms with Gasteiger partial charge < -0.3 is 9.76 Å². The van der Waals surface area contributed by atoms with E-state index < -0.39 is 11.2 Å². The first-order chi connectivity index (χ1) is 21.1. The van der Waals surface area contributed by atoms with Gasteiger partial charge in [-0.1, -0.05) is 91.0 Å². The molecule has 0 unspecified atom stereocenters. The van der Waals surface area contributed by atoms with Crippen LogP contribution in [0, 0.1) is 0 Å². The minimum atomic E-state index is -1.08. The molecule has 1 N–H and O–H groups in total. The molecule has 7 heteroatoms. The summed E-state index contributed by atoms with van der Waals surface area (Å²) in [7, 11) is 1.52. The number of aromatic nitrogens is 3. The van der Waals surface area contributed by atoms with Crippen LogP contribution >= 0.6 is 11.3 Å². The van der Waals surface area contributed by atoms with E-state index in [0.717, 1.165) is 22.3 Å². The van der Waals surface area contributed by atoms with E-state index in [1.54, 1.807) is 25.2 Å². The lowest BCUT2D eigenvalue weighted by atomic mass is 9.86. The maximum Gasteiger partial charge on any atom is 0.379 e. The van der Waals surface area contributed by atoms with Crippen molar-refractivity contribution in [1.82, 2.24) is 15.0 Å². The molecular formula is C37H31BN3O2S. The van der Waals surface area contributed by atoms with Gasteiger partial charge in [0, 0.05) is 31.3 Å². The second-order valence-corrected chi connectivity index (χ2v) is 13.2. The Balaban J connectivity index is 1.30. The molecule has 215 valence electrons. The van der Waals surface area contributed by atoms with Crippen molar-refractivity contribution in [2.45, 2.75) is 38.9 Å². The Hall–Kier alpha value is -4.43. The van der Waals surface area contributed by atoms with E-state index in [9.17, 15) is 5.11 Å². The van der Waals surface area contributed by atoms with Crippen molar-refractivity contribution in [3.63, 3.8) is 0 Å². The summed E-state index contributed by atoms with van der Waals surface area (Å²) in [6.45, 7) is 7.13. The van der Waals surface area contributed by atoms with Crippen molar-refractivity contribution in [2.75, 3.05) is 0 Å². The average molecular weight is 593 g/mol. The lowest BCUT2D eigenvalue weighted by molar-refractivity contribution is -0.0894. The number of nitrogens with zero attached hydrogens (tertiary/aromatic N) is 3. The standard InChI is InChI=1S/C37H31BN3O2S/c1-36(2,42)37(3,4)43-38-35-40-33(25-16-14-24(15-17-25)23-10-6-5-7-11-23)39-34(41-35)28-18-19-29-30-20-26-12-8-9-13-27(26)21-32(30)44-31(29)22-28/h5-22,42H,1-4H3. The molecule has 44 heavy (non-hydrogen) atoms. The molecule has 5 nitrogen and oxygen atoms in total. The molecule has 1 radical (unpaired) electrons. The summed E-state index contributed by atoms with van der Waals surface area (Å²) in [6.07, 6.45) is 0. The Morgan fingerprint density at radius 1 is 0.591 bits per heavy atom. The van der Waals surface area contributed by atoms with Crippen LogP contribution in [-0.4, -0.2) is 38.7 Å². The van der Waals surface area contributed by atoms with Crippen molar-refractivity contribution < 1.29 is 9.76 Å². The third-order valence-corrected chi connectivity index (χ3v) is 9.55. The smallest absolute Gasteiger partial charge is 0.379 e. The van der Waals surface area contributed by atoms with Crippen LogP contribution in [-0.2, 0) is 4.65 Å². The van der Waals surface area contributed by atoms with E-state index in [-0.39, 0.29) is 0 Å². The van der Waals surface area contributed by atoms with Gasteiger partial charge in [-0.15, -0.1) is 11.3 Å². The SMILES string of the molecule is CC(C)(O)C(C)(C)O[B]c1nc(-c2ccc(-c3ccccc3)cc2)nc(-c2ccc3c(c2)sc2cc4ccccc4cc23)n1. The molecule has 0 spiro atoms. The van der Waals surface area contributed by atoms with Gasteiger partial charge in [-0.25, -0.2) is 15.0 Å². The summed E-state index contributed by atoms with van der Waals surface area (Å²) in [5.41, 5.74) is 2.49. The van der Waals surface area contributed by atoms with Gasteiger partial charge in [0.25, 0.3) is 0 Å². The highest BCUT2D eigenvalue weighted by Crippen LogP contribution is 2.38. The average Bonchev–Trinajstić information content (AvgIpc) is 3.39. The number of hydrogen-bond donors (Lipinski definition) is 1. The fraction of sp³-hybridized carbons (Fsp3) is 0.162. The summed E-state index contributed by atoms with van der Waals surface area (Å²) >= 11 is 1.77. The fourth-order valence-corrected chi connectivity index (χ4v) is 6.27. The monoisotopic (exact) mass is 592 g/mol. The van der Waals surface area contributed by atoms with Crippen LogP contribution in [0.25, 0.3) is 64.8 Å². The van der Waals surface area contributed by atoms with E-state index in [1.165, 1.54) is 38.4 Å². The molecule has 0 atom stereocenters. The van der Waals surface area contributed by atoms with Crippen LogP contribution < -0.4 is 5.72 Å². The van der Waals surface area contributed by atoms with E-state index in [4.69, 9.17) is 19.6 Å². The number of fused-ring (bicyclic) bond motifs is 4. The molecule has 0 saturated carbocycles. The van der Waals surface area contributed by atoms with Crippen molar-refractivity contribution in [1.29, 1.82) is 0 Å². The van der Waals surface area contributed by atoms with Crippen LogP contribution in [0.2, 0.25) is 0 Å². The van der Waals surface area contributed by atoms with Crippen molar-refractivity contribution in [3.8, 4) is 33.9 Å². The van der Waals surface area contributed by atoms with E-state index in [1.807, 2.05) is 44.2 Å². The molecule has 2 heterocycles. The van der Waals surface area contributed by atoms with Gasteiger partial charge in [0.05, 0.1) is 11.2 Å². The van der Waals surface area contributed by atoms with Crippen LogP contribution in [0.5, 0.6) is 0 Å². The minimum Gasteiger partial charge on any atom is -0.424 e. The Labute approximate surface area is 261 Å². The second-order valence-electron chi connectivity index (χ2n) is 12.1. The lowest BCUT2D eigenvalue weighted by Crippen LogP contribution is -2.49. The van der Waals surface area contributed by atoms with Crippen molar-refractivity contribution in [3.05, 3.63) is 109 Å².